The van der Waals surface area contributed by atoms with Crippen LogP contribution in [0.25, 0.3) is 0 Å². The third-order valence-electron chi connectivity index (χ3n) is 4.54. The van der Waals surface area contributed by atoms with E-state index in [2.05, 4.69) is 6.92 Å². The SMILES string of the molecule is CCSc1cc2c(cc1Cl)CN(C(=O)c1cc(S(C)(=O)=O)ccc1OC(C)C)C2. The summed E-state index contributed by atoms with van der Waals surface area (Å²) in [5, 5.41) is 0.688. The lowest BCUT2D eigenvalue weighted by molar-refractivity contribution is 0.0745. The Kier molecular flexibility index (Phi) is 6.51. The summed E-state index contributed by atoms with van der Waals surface area (Å²) in [5.74, 6) is 1.03. The number of nitrogens with zero attached hydrogens (tertiary/aromatic N) is 1. The molecule has 1 aliphatic heterocycles. The Morgan fingerprint density at radius 3 is 2.45 bits per heavy atom. The lowest BCUT2D eigenvalue weighted by Crippen LogP contribution is -2.26. The number of thioether (sulfide) groups is 1. The number of hydrogen-bond acceptors (Lipinski definition) is 5. The molecule has 0 aliphatic carbocycles. The van der Waals surface area contributed by atoms with Gasteiger partial charge in [0.2, 0.25) is 0 Å². The van der Waals surface area contributed by atoms with Gasteiger partial charge >= 0.3 is 0 Å². The van der Waals surface area contributed by atoms with E-state index in [1.165, 1.54) is 12.1 Å². The molecule has 8 heteroatoms. The molecule has 156 valence electrons. The Balaban J connectivity index is 1.95. The average molecular weight is 454 g/mol. The molecule has 0 saturated heterocycles. The van der Waals surface area contributed by atoms with Gasteiger partial charge in [0.05, 0.1) is 21.6 Å². The molecule has 0 N–H and O–H groups in total. The highest BCUT2D eigenvalue weighted by atomic mass is 35.5. The van der Waals surface area contributed by atoms with Crippen LogP contribution >= 0.6 is 23.4 Å². The summed E-state index contributed by atoms with van der Waals surface area (Å²) in [6.45, 7) is 6.66. The lowest BCUT2D eigenvalue weighted by atomic mass is 10.1. The maximum Gasteiger partial charge on any atom is 0.258 e. The minimum atomic E-state index is -3.45. The Labute approximate surface area is 181 Å². The Hall–Kier alpha value is -1.70. The number of halogens is 1. The zero-order valence-electron chi connectivity index (χ0n) is 16.9. The molecule has 0 atom stereocenters. The molecule has 3 rings (SSSR count). The van der Waals surface area contributed by atoms with E-state index < -0.39 is 9.84 Å². The Bertz CT molecular complexity index is 1050. The second-order valence-corrected chi connectivity index (χ2v) is 11.0. The van der Waals surface area contributed by atoms with Gasteiger partial charge in [-0.15, -0.1) is 11.8 Å². The van der Waals surface area contributed by atoms with Crippen LogP contribution in [0.15, 0.2) is 40.1 Å². The molecule has 0 bridgehead atoms. The van der Waals surface area contributed by atoms with Crippen LogP contribution in [0.2, 0.25) is 5.02 Å². The van der Waals surface area contributed by atoms with Gasteiger partial charge in [-0.05, 0) is 61.1 Å². The summed E-state index contributed by atoms with van der Waals surface area (Å²) in [6, 6.07) is 8.39. The molecular weight excluding hydrogens is 430 g/mol. The fraction of sp³-hybridized carbons (Fsp3) is 0.381. The molecule has 0 radical (unpaired) electrons. The predicted octanol–water partition coefficient (Wildman–Crippen LogP) is 4.80. The molecule has 5 nitrogen and oxygen atoms in total. The summed E-state index contributed by atoms with van der Waals surface area (Å²) in [4.78, 5) is 16.1. The highest BCUT2D eigenvalue weighted by molar-refractivity contribution is 7.99. The van der Waals surface area contributed by atoms with Gasteiger partial charge in [-0.2, -0.15) is 0 Å². The number of carbonyl (C=O) groups excluding carboxylic acids is 1. The van der Waals surface area contributed by atoms with Crippen molar-refractivity contribution in [1.29, 1.82) is 0 Å². The van der Waals surface area contributed by atoms with E-state index >= 15 is 0 Å². The van der Waals surface area contributed by atoms with Crippen molar-refractivity contribution in [2.75, 3.05) is 12.0 Å². The van der Waals surface area contributed by atoms with E-state index in [4.69, 9.17) is 16.3 Å². The number of carbonyl (C=O) groups is 1. The number of benzene rings is 2. The van der Waals surface area contributed by atoms with Gasteiger partial charge in [0, 0.05) is 24.2 Å². The lowest BCUT2D eigenvalue weighted by Gasteiger charge is -2.20. The van der Waals surface area contributed by atoms with Crippen LogP contribution in [0.1, 0.15) is 42.3 Å². The van der Waals surface area contributed by atoms with E-state index in [0.29, 0.717) is 23.9 Å². The van der Waals surface area contributed by atoms with Gasteiger partial charge in [0.15, 0.2) is 9.84 Å². The quantitative estimate of drug-likeness (QED) is 0.588. The molecule has 1 amide bonds. The Morgan fingerprint density at radius 1 is 1.21 bits per heavy atom. The number of ether oxygens (including phenoxy) is 1. The number of rotatable bonds is 6. The minimum Gasteiger partial charge on any atom is -0.490 e. The van der Waals surface area contributed by atoms with Crippen molar-refractivity contribution < 1.29 is 17.9 Å². The molecule has 2 aromatic carbocycles. The van der Waals surface area contributed by atoms with Gasteiger partial charge in [-0.25, -0.2) is 8.42 Å². The van der Waals surface area contributed by atoms with E-state index in [-0.39, 0.29) is 22.5 Å². The van der Waals surface area contributed by atoms with Crippen molar-refractivity contribution >= 4 is 39.1 Å². The van der Waals surface area contributed by atoms with Crippen molar-refractivity contribution in [2.45, 2.75) is 49.8 Å². The van der Waals surface area contributed by atoms with Crippen LogP contribution in [0.4, 0.5) is 0 Å². The average Bonchev–Trinajstić information content (AvgIpc) is 3.03. The second kappa shape index (κ2) is 8.58. The smallest absolute Gasteiger partial charge is 0.258 e. The highest BCUT2D eigenvalue weighted by Gasteiger charge is 2.28. The molecule has 2 aromatic rings. The molecule has 29 heavy (non-hydrogen) atoms. The molecule has 1 aliphatic rings. The van der Waals surface area contributed by atoms with Gasteiger partial charge in [0.25, 0.3) is 5.91 Å². The molecule has 0 spiro atoms. The predicted molar refractivity (Wildman–Crippen MR) is 117 cm³/mol. The standard InChI is InChI=1S/C21H24ClNO4S2/c1-5-28-20-9-15-12-23(11-14(15)8-18(20)22)21(24)17-10-16(29(4,25)26)6-7-19(17)27-13(2)3/h6-10,13H,5,11-12H2,1-4H3. The number of sulfone groups is 1. The molecule has 1 heterocycles. The summed E-state index contributed by atoms with van der Waals surface area (Å²) in [5.41, 5.74) is 2.32. The first kappa shape index (κ1) is 22.0. The fourth-order valence-corrected chi connectivity index (χ4v) is 4.97. The summed E-state index contributed by atoms with van der Waals surface area (Å²) >= 11 is 8.04. The van der Waals surface area contributed by atoms with Crippen molar-refractivity contribution in [1.82, 2.24) is 4.90 Å². The maximum absolute atomic E-state index is 13.3. The monoisotopic (exact) mass is 453 g/mol. The molecule has 0 aromatic heterocycles. The first-order valence-corrected chi connectivity index (χ1v) is 12.6. The van der Waals surface area contributed by atoms with Crippen LogP contribution in [0.5, 0.6) is 5.75 Å². The largest absolute Gasteiger partial charge is 0.490 e. The van der Waals surface area contributed by atoms with Crippen LogP contribution in [-0.2, 0) is 22.9 Å². The molecular formula is C21H24ClNO4S2. The van der Waals surface area contributed by atoms with Gasteiger partial charge in [0.1, 0.15) is 5.75 Å². The number of hydrogen-bond donors (Lipinski definition) is 0. The third-order valence-corrected chi connectivity index (χ3v) is 7.01. The van der Waals surface area contributed by atoms with Gasteiger partial charge in [-0.3, -0.25) is 4.79 Å². The van der Waals surface area contributed by atoms with E-state index in [1.54, 1.807) is 22.7 Å². The summed E-state index contributed by atoms with van der Waals surface area (Å²) in [7, 11) is -3.45. The van der Waals surface area contributed by atoms with E-state index in [0.717, 1.165) is 28.0 Å². The summed E-state index contributed by atoms with van der Waals surface area (Å²) in [6.07, 6.45) is 0.981. The molecule has 0 unspecified atom stereocenters. The first-order valence-electron chi connectivity index (χ1n) is 9.34. The Morgan fingerprint density at radius 2 is 1.86 bits per heavy atom. The van der Waals surface area contributed by atoms with Gasteiger partial charge < -0.3 is 9.64 Å². The zero-order valence-corrected chi connectivity index (χ0v) is 19.2. The first-order chi connectivity index (χ1) is 13.6. The minimum absolute atomic E-state index is 0.0957. The molecule has 0 fully saturated rings. The second-order valence-electron chi connectivity index (χ2n) is 7.24. The van der Waals surface area contributed by atoms with Crippen LogP contribution in [0.3, 0.4) is 0 Å². The van der Waals surface area contributed by atoms with Crippen molar-refractivity contribution in [3.8, 4) is 5.75 Å². The maximum atomic E-state index is 13.3. The number of amides is 1. The highest BCUT2D eigenvalue weighted by Crippen LogP contribution is 2.35. The van der Waals surface area contributed by atoms with Crippen molar-refractivity contribution in [3.63, 3.8) is 0 Å². The topological polar surface area (TPSA) is 63.7 Å². The van der Waals surface area contributed by atoms with Crippen LogP contribution in [-0.4, -0.2) is 37.3 Å². The van der Waals surface area contributed by atoms with Crippen molar-refractivity contribution in [2.24, 2.45) is 0 Å². The summed E-state index contributed by atoms with van der Waals surface area (Å²) < 4.78 is 29.8. The van der Waals surface area contributed by atoms with Crippen LogP contribution < -0.4 is 4.74 Å². The van der Waals surface area contributed by atoms with Gasteiger partial charge in [-0.1, -0.05) is 18.5 Å². The molecule has 0 saturated carbocycles. The number of fused-ring (bicyclic) bond motifs is 1. The van der Waals surface area contributed by atoms with E-state index in [1.807, 2.05) is 26.0 Å². The fourth-order valence-electron chi connectivity index (χ4n) is 3.24. The van der Waals surface area contributed by atoms with Crippen LogP contribution in [0, 0.1) is 0 Å². The normalized spacial score (nSPS) is 13.7. The zero-order chi connectivity index (χ0) is 21.3. The third kappa shape index (κ3) is 4.90. The van der Waals surface area contributed by atoms with Crippen molar-refractivity contribution in [3.05, 3.63) is 52.0 Å². The van der Waals surface area contributed by atoms with E-state index in [9.17, 15) is 13.2 Å².